The van der Waals surface area contributed by atoms with E-state index in [1.54, 1.807) is 72.8 Å². The molecule has 3 aromatic carbocycles. The molecule has 1 N–H and O–H groups in total. The van der Waals surface area contributed by atoms with E-state index < -0.39 is 13.9 Å². The van der Waals surface area contributed by atoms with Gasteiger partial charge >= 0.3 is 7.60 Å². The molecular weight excluding hydrogens is 323 g/mol. The van der Waals surface area contributed by atoms with Gasteiger partial charge in [0.05, 0.1) is 5.30 Å². The third-order valence-corrected chi connectivity index (χ3v) is 5.22. The summed E-state index contributed by atoms with van der Waals surface area (Å²) in [4.78, 5) is 0. The Morgan fingerprint density at radius 2 is 1.25 bits per heavy atom. The van der Waals surface area contributed by atoms with Crippen molar-refractivity contribution in [1.29, 1.82) is 0 Å². The van der Waals surface area contributed by atoms with E-state index in [1.807, 2.05) is 18.2 Å². The summed E-state index contributed by atoms with van der Waals surface area (Å²) in [5.74, 6) is 0.407. The van der Waals surface area contributed by atoms with E-state index in [2.05, 4.69) is 0 Å². The van der Waals surface area contributed by atoms with Crippen molar-refractivity contribution >= 4 is 12.9 Å². The van der Waals surface area contributed by atoms with Crippen LogP contribution >= 0.6 is 7.60 Å². The highest BCUT2D eigenvalue weighted by atomic mass is 31.2. The van der Waals surface area contributed by atoms with Crippen LogP contribution in [-0.2, 0) is 9.09 Å². The number of hydrogen-bond acceptors (Lipinski definition) is 4. The molecule has 0 amide bonds. The first kappa shape index (κ1) is 16.5. The average molecular weight is 340 g/mol. The van der Waals surface area contributed by atoms with Gasteiger partial charge in [-0.1, -0.05) is 66.7 Å². The maximum Gasteiger partial charge on any atom is 0.413 e. The second-order valence-electron chi connectivity index (χ2n) is 5.11. The minimum absolute atomic E-state index is 0.379. The highest BCUT2D eigenvalue weighted by Crippen LogP contribution is 2.50. The summed E-state index contributed by atoms with van der Waals surface area (Å²) in [6, 6.07) is 26.1. The maximum absolute atomic E-state index is 13.4. The van der Waals surface area contributed by atoms with Crippen molar-refractivity contribution in [1.82, 2.24) is 0 Å². The number of hydrogen-bond donors (Lipinski definition) is 1. The fourth-order valence-electron chi connectivity index (χ4n) is 2.18. The monoisotopic (exact) mass is 340 g/mol. The van der Waals surface area contributed by atoms with Gasteiger partial charge < -0.3 is 9.63 Å². The molecule has 3 aromatic rings. The molecule has 24 heavy (non-hydrogen) atoms. The molecule has 2 atom stereocenters. The minimum Gasteiger partial charge on any atom is -0.421 e. The lowest BCUT2D eigenvalue weighted by atomic mass is 10.2. The fourth-order valence-corrected chi connectivity index (χ4v) is 3.77. The zero-order valence-corrected chi connectivity index (χ0v) is 13.8. The van der Waals surface area contributed by atoms with Crippen LogP contribution in [0.3, 0.4) is 0 Å². The summed E-state index contributed by atoms with van der Waals surface area (Å²) in [7, 11) is -3.77. The standard InChI is InChI=1S/C19H17O4P/c20-19(16-10-4-1-5-11-16)23-24(21,18-14-8-3-9-15-18)22-17-12-6-2-7-13-17/h1-15,19-20H. The van der Waals surface area contributed by atoms with Crippen molar-refractivity contribution < 1.29 is 18.7 Å². The third kappa shape index (κ3) is 3.92. The third-order valence-electron chi connectivity index (χ3n) is 3.36. The highest BCUT2D eigenvalue weighted by Gasteiger charge is 2.32. The number of aliphatic hydroxyl groups is 1. The van der Waals surface area contributed by atoms with Crippen molar-refractivity contribution in [2.45, 2.75) is 6.29 Å². The maximum atomic E-state index is 13.4. The molecule has 3 rings (SSSR count). The molecule has 0 heterocycles. The van der Waals surface area contributed by atoms with Crippen molar-refractivity contribution in [3.05, 3.63) is 96.6 Å². The first-order chi connectivity index (χ1) is 11.7. The van der Waals surface area contributed by atoms with Gasteiger partial charge in [0.25, 0.3) is 0 Å². The van der Waals surface area contributed by atoms with Crippen LogP contribution in [0.15, 0.2) is 91.0 Å². The lowest BCUT2D eigenvalue weighted by Gasteiger charge is -2.22. The largest absolute Gasteiger partial charge is 0.421 e. The molecule has 0 aliphatic rings. The van der Waals surface area contributed by atoms with Gasteiger partial charge in [0.2, 0.25) is 0 Å². The number of benzene rings is 3. The number of para-hydroxylation sites is 1. The minimum atomic E-state index is -3.77. The Morgan fingerprint density at radius 1 is 0.750 bits per heavy atom. The summed E-state index contributed by atoms with van der Waals surface area (Å²) in [6.45, 7) is 0. The molecule has 0 aliphatic heterocycles. The smallest absolute Gasteiger partial charge is 0.413 e. The van der Waals surface area contributed by atoms with E-state index in [0.29, 0.717) is 16.6 Å². The van der Waals surface area contributed by atoms with E-state index in [4.69, 9.17) is 9.05 Å². The molecule has 0 saturated heterocycles. The van der Waals surface area contributed by atoms with Crippen molar-refractivity contribution in [2.75, 3.05) is 0 Å². The normalized spacial score (nSPS) is 14.5. The molecule has 2 unspecified atom stereocenters. The molecule has 5 heteroatoms. The summed E-state index contributed by atoms with van der Waals surface area (Å²) < 4.78 is 24.5. The van der Waals surface area contributed by atoms with Gasteiger partial charge in [-0.2, -0.15) is 0 Å². The molecule has 0 aliphatic carbocycles. The quantitative estimate of drug-likeness (QED) is 0.537. The molecule has 4 nitrogen and oxygen atoms in total. The van der Waals surface area contributed by atoms with Crippen molar-refractivity contribution in [2.24, 2.45) is 0 Å². The average Bonchev–Trinajstić information content (AvgIpc) is 2.64. The Hall–Kier alpha value is -2.39. The second kappa shape index (κ2) is 7.45. The Morgan fingerprint density at radius 3 is 1.83 bits per heavy atom. The van der Waals surface area contributed by atoms with Crippen LogP contribution in [0.4, 0.5) is 0 Å². The van der Waals surface area contributed by atoms with E-state index >= 15 is 0 Å². The van der Waals surface area contributed by atoms with E-state index in [0.717, 1.165) is 0 Å². The topological polar surface area (TPSA) is 55.8 Å². The zero-order valence-electron chi connectivity index (χ0n) is 12.9. The zero-order chi connectivity index (χ0) is 16.8. The van der Waals surface area contributed by atoms with Crippen LogP contribution in [0.5, 0.6) is 5.75 Å². The van der Waals surface area contributed by atoms with Gasteiger partial charge in [0, 0.05) is 5.56 Å². The Bertz CT molecular complexity index is 807. The fraction of sp³-hybridized carbons (Fsp3) is 0.0526. The van der Waals surface area contributed by atoms with E-state index in [-0.39, 0.29) is 0 Å². The van der Waals surface area contributed by atoms with E-state index in [1.165, 1.54) is 0 Å². The molecule has 0 radical (unpaired) electrons. The van der Waals surface area contributed by atoms with E-state index in [9.17, 15) is 9.67 Å². The Balaban J connectivity index is 1.92. The summed E-state index contributed by atoms with van der Waals surface area (Å²) in [5.41, 5.74) is 0.505. The molecule has 0 aromatic heterocycles. The Kier molecular flexibility index (Phi) is 5.11. The van der Waals surface area contributed by atoms with Gasteiger partial charge in [-0.3, -0.25) is 4.52 Å². The second-order valence-corrected chi connectivity index (χ2v) is 7.01. The predicted molar refractivity (Wildman–Crippen MR) is 93.2 cm³/mol. The van der Waals surface area contributed by atoms with Crippen LogP contribution in [-0.4, -0.2) is 5.11 Å². The lowest BCUT2D eigenvalue weighted by Crippen LogP contribution is -2.15. The molecule has 0 spiro atoms. The van der Waals surface area contributed by atoms with Crippen molar-refractivity contribution in [3.8, 4) is 5.75 Å². The van der Waals surface area contributed by atoms with Crippen molar-refractivity contribution in [3.63, 3.8) is 0 Å². The summed E-state index contributed by atoms with van der Waals surface area (Å²) in [6.07, 6.45) is -1.36. The summed E-state index contributed by atoms with van der Waals surface area (Å²) in [5, 5.41) is 10.7. The van der Waals surface area contributed by atoms with Crippen LogP contribution in [0.25, 0.3) is 0 Å². The lowest BCUT2D eigenvalue weighted by molar-refractivity contribution is -0.0231. The summed E-state index contributed by atoms with van der Waals surface area (Å²) >= 11 is 0. The SMILES string of the molecule is O=P(Oc1ccccc1)(OC(O)c1ccccc1)c1ccccc1. The highest BCUT2D eigenvalue weighted by molar-refractivity contribution is 7.62. The van der Waals surface area contributed by atoms with Crippen LogP contribution in [0.1, 0.15) is 11.9 Å². The molecule has 122 valence electrons. The molecule has 0 saturated carbocycles. The first-order valence-corrected chi connectivity index (χ1v) is 9.03. The predicted octanol–water partition coefficient (Wildman–Crippen LogP) is 4.29. The van der Waals surface area contributed by atoms with Gasteiger partial charge in [0.1, 0.15) is 5.75 Å². The first-order valence-electron chi connectivity index (χ1n) is 7.49. The van der Waals surface area contributed by atoms with Crippen LogP contribution in [0.2, 0.25) is 0 Å². The van der Waals surface area contributed by atoms with Crippen LogP contribution in [0, 0.1) is 0 Å². The molecule has 0 bridgehead atoms. The Labute approximate surface area is 140 Å². The molecular formula is C19H17O4P. The van der Waals surface area contributed by atoms with Gasteiger partial charge in [-0.25, -0.2) is 4.57 Å². The van der Waals surface area contributed by atoms with Gasteiger partial charge in [0.15, 0.2) is 6.29 Å². The van der Waals surface area contributed by atoms with Gasteiger partial charge in [-0.05, 0) is 24.3 Å². The van der Waals surface area contributed by atoms with Gasteiger partial charge in [-0.15, -0.1) is 0 Å². The van der Waals surface area contributed by atoms with Crippen LogP contribution < -0.4 is 9.83 Å². The number of rotatable bonds is 6. The number of aliphatic hydroxyl groups excluding tert-OH is 1. The molecule has 0 fully saturated rings.